The highest BCUT2D eigenvalue weighted by molar-refractivity contribution is 6.34. The zero-order chi connectivity index (χ0) is 21.0. The first-order valence-corrected chi connectivity index (χ1v) is 8.79. The summed E-state index contributed by atoms with van der Waals surface area (Å²) < 4.78 is 5.75. The fourth-order valence-corrected chi connectivity index (χ4v) is 2.83. The molecule has 3 rings (SSSR count). The van der Waals surface area contributed by atoms with Crippen LogP contribution >= 0.6 is 11.6 Å². The number of nitrogens with zero attached hydrogens (tertiary/aromatic N) is 2. The highest BCUT2D eigenvalue weighted by Crippen LogP contribution is 2.28. The van der Waals surface area contributed by atoms with E-state index in [9.17, 15) is 14.9 Å². The fourth-order valence-electron chi connectivity index (χ4n) is 2.56. The Morgan fingerprint density at radius 2 is 1.79 bits per heavy atom. The SMILES string of the molecule is Cc1cc(Oc2ccc(C#N)cc2)ccc1NC(=O)c1ccc([N+](=O)[O-])cc1Cl. The van der Waals surface area contributed by atoms with Crippen LogP contribution in [0.4, 0.5) is 11.4 Å². The van der Waals surface area contributed by atoms with Gasteiger partial charge in [-0.25, -0.2) is 0 Å². The molecule has 3 aromatic rings. The number of carbonyl (C=O) groups excluding carboxylic acids is 1. The third kappa shape index (κ3) is 4.69. The minimum atomic E-state index is -0.579. The molecule has 0 bridgehead atoms. The zero-order valence-electron chi connectivity index (χ0n) is 15.2. The molecule has 7 nitrogen and oxygen atoms in total. The molecule has 1 amide bonds. The van der Waals surface area contributed by atoms with Gasteiger partial charge in [-0.3, -0.25) is 14.9 Å². The van der Waals surface area contributed by atoms with Crippen molar-refractivity contribution in [3.8, 4) is 17.6 Å². The first kappa shape index (κ1) is 19.9. The van der Waals surface area contributed by atoms with E-state index in [0.29, 0.717) is 22.7 Å². The second-order valence-corrected chi connectivity index (χ2v) is 6.50. The third-order valence-electron chi connectivity index (χ3n) is 4.07. The Hall–Kier alpha value is -3.89. The topological polar surface area (TPSA) is 105 Å². The van der Waals surface area contributed by atoms with Gasteiger partial charge in [-0.15, -0.1) is 0 Å². The number of ether oxygens (including phenoxy) is 1. The van der Waals surface area contributed by atoms with Crippen LogP contribution < -0.4 is 10.1 Å². The molecular weight excluding hydrogens is 394 g/mol. The van der Waals surface area contributed by atoms with E-state index in [1.165, 1.54) is 12.1 Å². The largest absolute Gasteiger partial charge is 0.457 e. The minimum Gasteiger partial charge on any atom is -0.457 e. The number of anilines is 1. The van der Waals surface area contributed by atoms with Gasteiger partial charge in [0, 0.05) is 17.8 Å². The van der Waals surface area contributed by atoms with E-state index in [-0.39, 0.29) is 16.3 Å². The van der Waals surface area contributed by atoms with Crippen molar-refractivity contribution in [2.45, 2.75) is 6.92 Å². The summed E-state index contributed by atoms with van der Waals surface area (Å²) >= 11 is 6.01. The van der Waals surface area contributed by atoms with E-state index in [4.69, 9.17) is 21.6 Å². The maximum absolute atomic E-state index is 12.5. The first-order chi connectivity index (χ1) is 13.9. The lowest BCUT2D eigenvalue weighted by Crippen LogP contribution is -2.13. The number of nitro groups is 1. The molecule has 3 aromatic carbocycles. The van der Waals surface area contributed by atoms with Crippen molar-refractivity contribution < 1.29 is 14.5 Å². The Balaban J connectivity index is 1.74. The summed E-state index contributed by atoms with van der Waals surface area (Å²) in [6, 6.07) is 17.6. The molecule has 29 heavy (non-hydrogen) atoms. The Labute approximate surface area is 171 Å². The predicted molar refractivity (Wildman–Crippen MR) is 108 cm³/mol. The van der Waals surface area contributed by atoms with E-state index in [0.717, 1.165) is 11.6 Å². The molecule has 0 aliphatic heterocycles. The van der Waals surface area contributed by atoms with Gasteiger partial charge in [0.05, 0.1) is 27.1 Å². The Kier molecular flexibility index (Phi) is 5.77. The molecule has 8 heteroatoms. The van der Waals surface area contributed by atoms with Crippen molar-refractivity contribution in [2.75, 3.05) is 5.32 Å². The van der Waals surface area contributed by atoms with Gasteiger partial charge < -0.3 is 10.1 Å². The second-order valence-electron chi connectivity index (χ2n) is 6.09. The normalized spacial score (nSPS) is 10.1. The molecule has 0 unspecified atom stereocenters. The summed E-state index contributed by atoms with van der Waals surface area (Å²) in [6.45, 7) is 1.80. The Bertz CT molecular complexity index is 1140. The molecule has 144 valence electrons. The van der Waals surface area contributed by atoms with Gasteiger partial charge in [0.2, 0.25) is 0 Å². The lowest BCUT2D eigenvalue weighted by molar-refractivity contribution is -0.384. The fraction of sp³-hybridized carbons (Fsp3) is 0.0476. The van der Waals surface area contributed by atoms with Crippen molar-refractivity contribution in [1.82, 2.24) is 0 Å². The molecule has 0 aliphatic rings. The van der Waals surface area contributed by atoms with Gasteiger partial charge in [-0.05, 0) is 61.0 Å². The molecule has 0 aromatic heterocycles. The standard InChI is InChI=1S/C21H14ClN3O4/c1-13-10-17(29-16-5-2-14(12-23)3-6-16)7-9-20(13)24-21(26)18-8-4-15(25(27)28)11-19(18)22/h2-11H,1H3,(H,24,26). The van der Waals surface area contributed by atoms with Crippen molar-refractivity contribution in [3.63, 3.8) is 0 Å². The maximum Gasteiger partial charge on any atom is 0.270 e. The molecule has 0 aliphatic carbocycles. The summed E-state index contributed by atoms with van der Waals surface area (Å²) in [5.74, 6) is 0.671. The molecule has 0 heterocycles. The molecule has 0 fully saturated rings. The smallest absolute Gasteiger partial charge is 0.270 e. The number of non-ortho nitro benzene ring substituents is 1. The van der Waals surface area contributed by atoms with E-state index < -0.39 is 10.8 Å². The molecule has 0 spiro atoms. The molecule has 0 saturated carbocycles. The second kappa shape index (κ2) is 8.42. The van der Waals surface area contributed by atoms with Crippen LogP contribution in [0.1, 0.15) is 21.5 Å². The van der Waals surface area contributed by atoms with Crippen LogP contribution in [-0.4, -0.2) is 10.8 Å². The number of nitrogens with one attached hydrogen (secondary N) is 1. The van der Waals surface area contributed by atoms with Crippen LogP contribution in [0, 0.1) is 28.4 Å². The quantitative estimate of drug-likeness (QED) is 0.445. The maximum atomic E-state index is 12.5. The summed E-state index contributed by atoms with van der Waals surface area (Å²) in [7, 11) is 0. The summed E-state index contributed by atoms with van der Waals surface area (Å²) in [4.78, 5) is 22.7. The highest BCUT2D eigenvalue weighted by atomic mass is 35.5. The molecule has 1 N–H and O–H groups in total. The average Bonchev–Trinajstić information content (AvgIpc) is 2.70. The van der Waals surface area contributed by atoms with Crippen LogP contribution in [0.15, 0.2) is 60.7 Å². The van der Waals surface area contributed by atoms with Crippen molar-refractivity contribution in [1.29, 1.82) is 5.26 Å². The van der Waals surface area contributed by atoms with Crippen LogP contribution in [0.3, 0.4) is 0 Å². The predicted octanol–water partition coefficient (Wildman–Crippen LogP) is 5.47. The third-order valence-corrected chi connectivity index (χ3v) is 4.39. The van der Waals surface area contributed by atoms with Gasteiger partial charge in [0.1, 0.15) is 11.5 Å². The Morgan fingerprint density at radius 1 is 1.10 bits per heavy atom. The number of nitro benzene ring substituents is 1. The lowest BCUT2D eigenvalue weighted by atomic mass is 10.1. The van der Waals surface area contributed by atoms with Gasteiger partial charge in [0.15, 0.2) is 0 Å². The van der Waals surface area contributed by atoms with Crippen molar-refractivity contribution >= 4 is 28.9 Å². The van der Waals surface area contributed by atoms with Crippen molar-refractivity contribution in [3.05, 3.63) is 92.5 Å². The number of aryl methyl sites for hydroxylation is 1. The molecule has 0 atom stereocenters. The van der Waals surface area contributed by atoms with Gasteiger partial charge >= 0.3 is 0 Å². The molecule has 0 saturated heterocycles. The van der Waals surface area contributed by atoms with Gasteiger partial charge in [0.25, 0.3) is 11.6 Å². The van der Waals surface area contributed by atoms with E-state index in [1.807, 2.05) is 6.07 Å². The van der Waals surface area contributed by atoms with Crippen LogP contribution in [0.5, 0.6) is 11.5 Å². The summed E-state index contributed by atoms with van der Waals surface area (Å²) in [5, 5.41) is 22.3. The number of hydrogen-bond acceptors (Lipinski definition) is 5. The number of nitriles is 1. The number of hydrogen-bond donors (Lipinski definition) is 1. The first-order valence-electron chi connectivity index (χ1n) is 8.41. The van der Waals surface area contributed by atoms with E-state index >= 15 is 0 Å². The van der Waals surface area contributed by atoms with Gasteiger partial charge in [-0.1, -0.05) is 11.6 Å². The average molecular weight is 408 g/mol. The monoisotopic (exact) mass is 407 g/mol. The van der Waals surface area contributed by atoms with Crippen LogP contribution in [0.2, 0.25) is 5.02 Å². The van der Waals surface area contributed by atoms with Gasteiger partial charge in [-0.2, -0.15) is 5.26 Å². The van der Waals surface area contributed by atoms with Crippen molar-refractivity contribution in [2.24, 2.45) is 0 Å². The number of rotatable bonds is 5. The number of halogens is 1. The number of benzene rings is 3. The highest BCUT2D eigenvalue weighted by Gasteiger charge is 2.16. The van der Waals surface area contributed by atoms with Crippen LogP contribution in [-0.2, 0) is 0 Å². The Morgan fingerprint density at radius 3 is 2.38 bits per heavy atom. The van der Waals surface area contributed by atoms with E-state index in [2.05, 4.69) is 5.32 Å². The number of carbonyl (C=O) groups is 1. The zero-order valence-corrected chi connectivity index (χ0v) is 15.9. The van der Waals surface area contributed by atoms with E-state index in [1.54, 1.807) is 49.4 Å². The summed E-state index contributed by atoms with van der Waals surface area (Å²) in [5.41, 5.74) is 1.79. The number of amides is 1. The lowest BCUT2D eigenvalue weighted by Gasteiger charge is -2.12. The summed E-state index contributed by atoms with van der Waals surface area (Å²) in [6.07, 6.45) is 0. The molecular formula is C21H14ClN3O4. The van der Waals surface area contributed by atoms with Crippen LogP contribution in [0.25, 0.3) is 0 Å². The minimum absolute atomic E-state index is 0.00452. The molecule has 0 radical (unpaired) electrons.